The highest BCUT2D eigenvalue weighted by atomic mass is 32.2. The van der Waals surface area contributed by atoms with E-state index in [1.54, 1.807) is 0 Å². The highest BCUT2D eigenvalue weighted by molar-refractivity contribution is 7.88. The smallest absolute Gasteiger partial charge is 0.387 e. The second-order valence-electron chi connectivity index (χ2n) is 6.32. The fraction of sp³-hybridized carbons (Fsp3) is 0.562. The van der Waals surface area contributed by atoms with Crippen LogP contribution < -0.4 is 5.32 Å². The molecule has 6 nitrogen and oxygen atoms in total. The summed E-state index contributed by atoms with van der Waals surface area (Å²) in [5, 5.41) is 12.6. The van der Waals surface area contributed by atoms with Crippen LogP contribution in [0, 0.1) is 5.92 Å². The van der Waals surface area contributed by atoms with Gasteiger partial charge in [0.05, 0.1) is 17.9 Å². The third-order valence-corrected chi connectivity index (χ3v) is 5.69. The Kier molecular flexibility index (Phi) is 6.30. The average molecular weight is 394 g/mol. The van der Waals surface area contributed by atoms with E-state index in [0.717, 1.165) is 18.4 Å². The van der Waals surface area contributed by atoms with Gasteiger partial charge in [0, 0.05) is 25.6 Å². The third kappa shape index (κ3) is 5.42. The van der Waals surface area contributed by atoms with E-state index in [9.17, 15) is 31.5 Å². The van der Waals surface area contributed by atoms with Crippen LogP contribution in [-0.4, -0.2) is 49.6 Å². The number of nitrogens with one attached hydrogen (secondary N) is 1. The highest BCUT2D eigenvalue weighted by Gasteiger charge is 2.31. The van der Waals surface area contributed by atoms with E-state index in [2.05, 4.69) is 5.32 Å². The fourth-order valence-corrected chi connectivity index (χ4v) is 3.68. The molecule has 1 aromatic carbocycles. The Morgan fingerprint density at radius 2 is 1.81 bits per heavy atom. The summed E-state index contributed by atoms with van der Waals surface area (Å²) >= 11 is 0. The number of carbonyl (C=O) groups excluding carboxylic acids is 1. The second-order valence-corrected chi connectivity index (χ2v) is 8.30. The summed E-state index contributed by atoms with van der Waals surface area (Å²) < 4.78 is 61.8. The second kappa shape index (κ2) is 7.93. The maximum Gasteiger partial charge on any atom is 0.416 e. The maximum atomic E-state index is 12.5. The maximum absolute atomic E-state index is 12.5. The van der Waals surface area contributed by atoms with Crippen molar-refractivity contribution in [1.82, 2.24) is 9.62 Å². The van der Waals surface area contributed by atoms with Crippen LogP contribution in [0.15, 0.2) is 24.3 Å². The number of rotatable bonds is 5. The molecule has 146 valence electrons. The van der Waals surface area contributed by atoms with Gasteiger partial charge in [0.2, 0.25) is 15.9 Å². The zero-order valence-corrected chi connectivity index (χ0v) is 15.0. The number of halogens is 3. The van der Waals surface area contributed by atoms with Crippen molar-refractivity contribution >= 4 is 15.9 Å². The normalized spacial score (nSPS) is 18.5. The van der Waals surface area contributed by atoms with Crippen LogP contribution in [0.5, 0.6) is 0 Å². The van der Waals surface area contributed by atoms with Gasteiger partial charge >= 0.3 is 6.18 Å². The van der Waals surface area contributed by atoms with Gasteiger partial charge in [-0.3, -0.25) is 4.79 Å². The van der Waals surface area contributed by atoms with E-state index in [1.807, 2.05) is 0 Å². The Morgan fingerprint density at radius 3 is 2.27 bits per heavy atom. The minimum Gasteiger partial charge on any atom is -0.387 e. The van der Waals surface area contributed by atoms with Crippen molar-refractivity contribution in [1.29, 1.82) is 0 Å². The van der Waals surface area contributed by atoms with Gasteiger partial charge in [0.25, 0.3) is 0 Å². The lowest BCUT2D eigenvalue weighted by Gasteiger charge is -2.29. The van der Waals surface area contributed by atoms with Crippen LogP contribution in [0.4, 0.5) is 13.2 Å². The van der Waals surface area contributed by atoms with Crippen LogP contribution in [0.2, 0.25) is 0 Å². The van der Waals surface area contributed by atoms with E-state index in [4.69, 9.17) is 0 Å². The van der Waals surface area contributed by atoms with Gasteiger partial charge in [-0.1, -0.05) is 12.1 Å². The number of nitrogens with zero attached hydrogens (tertiary/aromatic N) is 1. The monoisotopic (exact) mass is 394 g/mol. The van der Waals surface area contributed by atoms with Crippen molar-refractivity contribution in [2.45, 2.75) is 25.1 Å². The van der Waals surface area contributed by atoms with Crippen LogP contribution in [0.25, 0.3) is 0 Å². The molecule has 1 aliphatic heterocycles. The van der Waals surface area contributed by atoms with Crippen LogP contribution in [-0.2, 0) is 21.0 Å². The molecule has 1 atom stereocenters. The zero-order chi connectivity index (χ0) is 19.5. The fourth-order valence-electron chi connectivity index (χ4n) is 2.80. The summed E-state index contributed by atoms with van der Waals surface area (Å²) in [7, 11) is -3.27. The Balaban J connectivity index is 1.84. The Bertz CT molecular complexity index is 727. The van der Waals surface area contributed by atoms with Crippen molar-refractivity contribution in [3.63, 3.8) is 0 Å². The summed E-state index contributed by atoms with van der Waals surface area (Å²) in [5.41, 5.74) is -0.541. The van der Waals surface area contributed by atoms with Crippen molar-refractivity contribution in [3.05, 3.63) is 35.4 Å². The molecule has 1 unspecified atom stereocenters. The number of alkyl halides is 3. The lowest BCUT2D eigenvalue weighted by molar-refractivity contribution is -0.137. The lowest BCUT2D eigenvalue weighted by Crippen LogP contribution is -2.43. The number of carbonyl (C=O) groups is 1. The molecule has 26 heavy (non-hydrogen) atoms. The number of hydrogen-bond donors (Lipinski definition) is 2. The molecule has 1 aromatic rings. The molecule has 1 heterocycles. The molecule has 0 aromatic heterocycles. The molecular formula is C16H21F3N2O4S. The van der Waals surface area contributed by atoms with E-state index in [1.165, 1.54) is 16.4 Å². The standard InChI is InChI=1S/C16H21F3N2O4S/c1-26(24,25)21-8-6-12(7-9-21)15(23)20-10-14(22)11-2-4-13(5-3-11)16(17,18)19/h2-5,12,14,22H,6-10H2,1H3,(H,20,23). The van der Waals surface area contributed by atoms with Gasteiger partial charge in [-0.25, -0.2) is 12.7 Å². The molecule has 2 N–H and O–H groups in total. The number of benzene rings is 1. The first-order valence-electron chi connectivity index (χ1n) is 8.06. The first kappa shape index (κ1) is 20.7. The van der Waals surface area contributed by atoms with Gasteiger partial charge in [-0.2, -0.15) is 13.2 Å². The average Bonchev–Trinajstić information content (AvgIpc) is 2.58. The van der Waals surface area contributed by atoms with Gasteiger partial charge < -0.3 is 10.4 Å². The quantitative estimate of drug-likeness (QED) is 0.793. The summed E-state index contributed by atoms with van der Waals surface area (Å²) in [5.74, 6) is -0.656. The lowest BCUT2D eigenvalue weighted by atomic mass is 9.97. The van der Waals surface area contributed by atoms with E-state index < -0.39 is 27.9 Å². The van der Waals surface area contributed by atoms with Gasteiger partial charge in [-0.05, 0) is 30.5 Å². The molecule has 0 radical (unpaired) electrons. The molecule has 1 saturated heterocycles. The number of aliphatic hydroxyl groups excluding tert-OH is 1. The number of hydrogen-bond acceptors (Lipinski definition) is 4. The number of amides is 1. The topological polar surface area (TPSA) is 86.7 Å². The van der Waals surface area contributed by atoms with Crippen LogP contribution >= 0.6 is 0 Å². The van der Waals surface area contributed by atoms with Crippen molar-refractivity contribution in [2.75, 3.05) is 25.9 Å². The summed E-state index contributed by atoms with van der Waals surface area (Å²) in [6, 6.07) is 4.09. The third-order valence-electron chi connectivity index (χ3n) is 4.39. The van der Waals surface area contributed by atoms with Crippen LogP contribution in [0.3, 0.4) is 0 Å². The number of piperidine rings is 1. The molecule has 0 saturated carbocycles. The molecule has 10 heteroatoms. The predicted molar refractivity (Wildman–Crippen MR) is 88.6 cm³/mol. The van der Waals surface area contributed by atoms with Gasteiger partial charge in [0.15, 0.2) is 0 Å². The SMILES string of the molecule is CS(=O)(=O)N1CCC(C(=O)NCC(O)c2ccc(C(F)(F)F)cc2)CC1. The molecule has 2 rings (SSSR count). The first-order valence-corrected chi connectivity index (χ1v) is 9.91. The van der Waals surface area contributed by atoms with Crippen molar-refractivity contribution in [3.8, 4) is 0 Å². The summed E-state index contributed by atoms with van der Waals surface area (Å²) in [6.07, 6.45) is -3.69. The number of sulfonamides is 1. The minimum atomic E-state index is -4.45. The van der Waals surface area contributed by atoms with Gasteiger partial charge in [0.1, 0.15) is 0 Å². The summed E-state index contributed by atoms with van der Waals surface area (Å²) in [4.78, 5) is 12.1. The molecule has 0 spiro atoms. The Hall–Kier alpha value is -1.65. The molecular weight excluding hydrogens is 373 g/mol. The Morgan fingerprint density at radius 1 is 1.27 bits per heavy atom. The van der Waals surface area contributed by atoms with Crippen molar-refractivity contribution < 1.29 is 31.5 Å². The highest BCUT2D eigenvalue weighted by Crippen LogP contribution is 2.29. The minimum absolute atomic E-state index is 0.128. The molecule has 0 aliphatic carbocycles. The predicted octanol–water partition coefficient (Wildman–Crippen LogP) is 1.53. The molecule has 1 aliphatic rings. The molecule has 1 amide bonds. The molecule has 0 bridgehead atoms. The van der Waals surface area contributed by atoms with Crippen LogP contribution in [0.1, 0.15) is 30.1 Å². The number of aliphatic hydroxyl groups is 1. The van der Waals surface area contributed by atoms with Gasteiger partial charge in [-0.15, -0.1) is 0 Å². The Labute approximate surface area is 150 Å². The van der Waals surface area contributed by atoms with Crippen molar-refractivity contribution in [2.24, 2.45) is 5.92 Å². The molecule has 1 fully saturated rings. The largest absolute Gasteiger partial charge is 0.416 e. The van der Waals surface area contributed by atoms with E-state index >= 15 is 0 Å². The zero-order valence-electron chi connectivity index (χ0n) is 14.2. The van der Waals surface area contributed by atoms with E-state index in [0.29, 0.717) is 12.8 Å². The van der Waals surface area contributed by atoms with E-state index in [-0.39, 0.29) is 37.0 Å². The summed E-state index contributed by atoms with van der Waals surface area (Å²) in [6.45, 7) is 0.396. The first-order chi connectivity index (χ1) is 12.0.